The summed E-state index contributed by atoms with van der Waals surface area (Å²) in [5.41, 5.74) is -13.6. The number of carbonyl (C=O) groups is 4. The Labute approximate surface area is 131 Å². The predicted octanol–water partition coefficient (Wildman–Crippen LogP) is 2.43. The number of carbonyl (C=O) groups excluding carboxylic acids is 2. The van der Waals surface area contributed by atoms with E-state index >= 15 is 0 Å². The average Bonchev–Trinajstić information content (AvgIpc) is 2.68. The number of carboxylic acid groups (broad SMARTS) is 2. The van der Waals surface area contributed by atoms with E-state index in [2.05, 4.69) is 4.74 Å². The van der Waals surface area contributed by atoms with Gasteiger partial charge in [-0.15, -0.1) is 0 Å². The zero-order chi connectivity index (χ0) is 19.5. The van der Waals surface area contributed by atoms with Crippen molar-refractivity contribution >= 4 is 23.9 Å². The van der Waals surface area contributed by atoms with Crippen LogP contribution in [0.2, 0.25) is 0 Å². The maximum Gasteiger partial charge on any atom is 0.418 e. The first-order valence-corrected chi connectivity index (χ1v) is 5.81. The molecule has 0 aliphatic carbocycles. The first-order chi connectivity index (χ1) is 11.2. The minimum atomic E-state index is -5.77. The summed E-state index contributed by atoms with van der Waals surface area (Å²) in [6, 6.07) is 0. The van der Waals surface area contributed by atoms with Crippen LogP contribution in [0.5, 0.6) is 0 Å². The molecule has 1 aliphatic heterocycles. The van der Waals surface area contributed by atoms with Gasteiger partial charge in [0, 0.05) is 0 Å². The van der Waals surface area contributed by atoms with Crippen LogP contribution in [0.25, 0.3) is 0 Å². The molecule has 2 N–H and O–H groups in total. The number of hydrogen-bond acceptors (Lipinski definition) is 5. The molecule has 25 heavy (non-hydrogen) atoms. The SMILES string of the molecule is O=C(O)c1c(C(=O)O)c(C(F)(F)F)c2c(c1C(F)(F)F)C(=O)OC2=O. The Hall–Kier alpha value is -3.12. The Balaban J connectivity index is 3.28. The third-order valence-corrected chi connectivity index (χ3v) is 3.09. The second-order valence-electron chi connectivity index (χ2n) is 4.53. The largest absolute Gasteiger partial charge is 0.478 e. The van der Waals surface area contributed by atoms with Gasteiger partial charge in [0.15, 0.2) is 0 Å². The molecule has 0 radical (unpaired) electrons. The lowest BCUT2D eigenvalue weighted by Crippen LogP contribution is -2.27. The Kier molecular flexibility index (Phi) is 3.78. The number of fused-ring (bicyclic) bond motifs is 1. The van der Waals surface area contributed by atoms with E-state index in [-0.39, 0.29) is 0 Å². The van der Waals surface area contributed by atoms with Crippen LogP contribution in [0.4, 0.5) is 26.3 Å². The second kappa shape index (κ2) is 5.19. The highest BCUT2D eigenvalue weighted by molar-refractivity contribution is 6.20. The van der Waals surface area contributed by atoms with Crippen molar-refractivity contribution in [3.8, 4) is 0 Å². The Morgan fingerprint density at radius 3 is 1.20 bits per heavy atom. The van der Waals surface area contributed by atoms with Gasteiger partial charge in [0.1, 0.15) is 0 Å². The molecular formula is C12H2F6O7. The van der Waals surface area contributed by atoms with E-state index in [4.69, 9.17) is 10.2 Å². The van der Waals surface area contributed by atoms with Crippen molar-refractivity contribution in [1.29, 1.82) is 0 Å². The third kappa shape index (κ3) is 2.66. The fourth-order valence-corrected chi connectivity index (χ4v) is 2.34. The van der Waals surface area contributed by atoms with Crippen molar-refractivity contribution in [2.75, 3.05) is 0 Å². The maximum absolute atomic E-state index is 13.2. The van der Waals surface area contributed by atoms with Crippen molar-refractivity contribution in [2.45, 2.75) is 12.4 Å². The number of hydrogen-bond donors (Lipinski definition) is 2. The molecule has 0 amide bonds. The molecule has 0 saturated carbocycles. The monoisotopic (exact) mass is 372 g/mol. The maximum atomic E-state index is 13.2. The van der Waals surface area contributed by atoms with Gasteiger partial charge in [0.2, 0.25) is 0 Å². The van der Waals surface area contributed by atoms with Gasteiger partial charge in [-0.25, -0.2) is 19.2 Å². The second-order valence-corrected chi connectivity index (χ2v) is 4.53. The molecule has 0 bridgehead atoms. The molecular weight excluding hydrogens is 370 g/mol. The van der Waals surface area contributed by atoms with Crippen molar-refractivity contribution in [1.82, 2.24) is 0 Å². The number of cyclic esters (lactones) is 2. The lowest BCUT2D eigenvalue weighted by atomic mass is 9.86. The van der Waals surface area contributed by atoms with Crippen LogP contribution in [-0.4, -0.2) is 34.1 Å². The molecule has 0 saturated heterocycles. The molecule has 1 heterocycles. The number of rotatable bonds is 2. The number of carboxylic acids is 2. The Morgan fingerprint density at radius 2 is 1.00 bits per heavy atom. The van der Waals surface area contributed by atoms with Gasteiger partial charge < -0.3 is 14.9 Å². The molecule has 0 unspecified atom stereocenters. The molecule has 1 aromatic carbocycles. The number of esters is 2. The molecule has 1 aliphatic rings. The van der Waals surface area contributed by atoms with Crippen molar-refractivity contribution in [3.05, 3.63) is 33.4 Å². The van der Waals surface area contributed by atoms with E-state index in [9.17, 15) is 45.5 Å². The van der Waals surface area contributed by atoms with Gasteiger partial charge >= 0.3 is 36.2 Å². The summed E-state index contributed by atoms with van der Waals surface area (Å²) in [6.07, 6.45) is -11.5. The molecule has 0 aromatic heterocycles. The van der Waals surface area contributed by atoms with Crippen molar-refractivity contribution in [3.63, 3.8) is 0 Å². The summed E-state index contributed by atoms with van der Waals surface area (Å²) >= 11 is 0. The number of alkyl halides is 6. The van der Waals surface area contributed by atoms with Gasteiger partial charge in [0.25, 0.3) is 0 Å². The number of halogens is 6. The van der Waals surface area contributed by atoms with Gasteiger partial charge in [0.05, 0.1) is 33.4 Å². The summed E-state index contributed by atoms with van der Waals surface area (Å²) in [5, 5.41) is 17.7. The summed E-state index contributed by atoms with van der Waals surface area (Å²) < 4.78 is 82.8. The van der Waals surface area contributed by atoms with Crippen LogP contribution >= 0.6 is 0 Å². The fourth-order valence-electron chi connectivity index (χ4n) is 2.34. The zero-order valence-corrected chi connectivity index (χ0v) is 11.2. The highest BCUT2D eigenvalue weighted by atomic mass is 19.4. The molecule has 134 valence electrons. The van der Waals surface area contributed by atoms with E-state index in [1.807, 2.05) is 0 Å². The number of ether oxygens (including phenoxy) is 1. The summed E-state index contributed by atoms with van der Waals surface area (Å²) in [6.45, 7) is 0. The van der Waals surface area contributed by atoms with E-state index in [1.54, 1.807) is 0 Å². The van der Waals surface area contributed by atoms with Gasteiger partial charge in [-0.1, -0.05) is 0 Å². The highest BCUT2D eigenvalue weighted by Crippen LogP contribution is 2.46. The van der Waals surface area contributed by atoms with Crippen LogP contribution < -0.4 is 0 Å². The smallest absolute Gasteiger partial charge is 0.418 e. The third-order valence-electron chi connectivity index (χ3n) is 3.09. The van der Waals surface area contributed by atoms with E-state index in [1.165, 1.54) is 0 Å². The van der Waals surface area contributed by atoms with E-state index in [0.29, 0.717) is 0 Å². The molecule has 2 rings (SSSR count). The molecule has 0 spiro atoms. The van der Waals surface area contributed by atoms with E-state index < -0.39 is 69.6 Å². The van der Waals surface area contributed by atoms with Gasteiger partial charge in [-0.2, -0.15) is 26.3 Å². The minimum Gasteiger partial charge on any atom is -0.478 e. The fraction of sp³-hybridized carbons (Fsp3) is 0.167. The summed E-state index contributed by atoms with van der Waals surface area (Å²) in [4.78, 5) is 45.0. The standard InChI is InChI=1S/C12H2F6O7/c13-11(14,15)5-1(7(19)20)2(8(21)22)6(12(16,17)18)4-3(5)9(23)25-10(4)24/h(H,19,20)(H,21,22). The van der Waals surface area contributed by atoms with E-state index in [0.717, 1.165) is 0 Å². The topological polar surface area (TPSA) is 118 Å². The Bertz CT molecular complexity index is 780. The summed E-state index contributed by atoms with van der Waals surface area (Å²) in [7, 11) is 0. The number of benzene rings is 1. The zero-order valence-electron chi connectivity index (χ0n) is 11.2. The average molecular weight is 372 g/mol. The minimum absolute atomic E-state index is 1.99. The molecule has 0 fully saturated rings. The lowest BCUT2D eigenvalue weighted by Gasteiger charge is -2.20. The van der Waals surface area contributed by atoms with Crippen molar-refractivity contribution < 1.29 is 60.5 Å². The lowest BCUT2D eigenvalue weighted by molar-refractivity contribution is -0.142. The van der Waals surface area contributed by atoms with Gasteiger partial charge in [-0.3, -0.25) is 0 Å². The predicted molar refractivity (Wildman–Crippen MR) is 60.1 cm³/mol. The molecule has 7 nitrogen and oxygen atoms in total. The normalized spacial score (nSPS) is 14.3. The quantitative estimate of drug-likeness (QED) is 0.465. The first kappa shape index (κ1) is 18.2. The molecule has 1 aromatic rings. The molecule has 13 heteroatoms. The van der Waals surface area contributed by atoms with Crippen LogP contribution in [0.15, 0.2) is 0 Å². The van der Waals surface area contributed by atoms with Crippen LogP contribution in [0, 0.1) is 0 Å². The first-order valence-electron chi connectivity index (χ1n) is 5.81. The Morgan fingerprint density at radius 1 is 0.720 bits per heavy atom. The van der Waals surface area contributed by atoms with Crippen LogP contribution in [0.1, 0.15) is 52.6 Å². The number of aromatic carboxylic acids is 2. The van der Waals surface area contributed by atoms with Crippen LogP contribution in [0.3, 0.4) is 0 Å². The molecule has 0 atom stereocenters. The van der Waals surface area contributed by atoms with Gasteiger partial charge in [-0.05, 0) is 0 Å². The van der Waals surface area contributed by atoms with Crippen LogP contribution in [-0.2, 0) is 17.1 Å². The summed E-state index contributed by atoms with van der Waals surface area (Å²) in [5.74, 6) is -9.72. The highest BCUT2D eigenvalue weighted by Gasteiger charge is 2.54. The van der Waals surface area contributed by atoms with Crippen molar-refractivity contribution in [2.24, 2.45) is 0 Å².